The highest BCUT2D eigenvalue weighted by atomic mass is 16.5. The third kappa shape index (κ3) is 6.13. The van der Waals surface area contributed by atoms with E-state index in [1.807, 2.05) is 33.9 Å². The number of fused-ring (bicyclic) bond motifs is 1. The lowest BCUT2D eigenvalue weighted by atomic mass is 9.94. The molecule has 0 radical (unpaired) electrons. The second kappa shape index (κ2) is 12.7. The molecule has 0 aliphatic heterocycles. The molecule has 0 N–H and O–H groups in total. The molecular formula is C28H38N6O2. The van der Waals surface area contributed by atoms with E-state index in [1.165, 1.54) is 38.4 Å². The van der Waals surface area contributed by atoms with Crippen molar-refractivity contribution in [3.63, 3.8) is 0 Å². The molecule has 1 fully saturated rings. The molecule has 4 rings (SSSR count). The van der Waals surface area contributed by atoms with Crippen LogP contribution in [0.3, 0.4) is 0 Å². The topological polar surface area (TPSA) is 98.6 Å². The Hall–Kier alpha value is -3.21. The molecule has 0 amide bonds. The number of hydrogen-bond acceptors (Lipinski definition) is 6. The SMILES string of the molecule is CCCCC(CC)CCC(=O)OCn1ccc2c(-c3cnn([C@H](CC#N)C4CCCC4)c3)ncnc21. The first kappa shape index (κ1) is 25.9. The summed E-state index contributed by atoms with van der Waals surface area (Å²) in [5.74, 6) is 0.915. The Kier molecular flexibility index (Phi) is 9.10. The van der Waals surface area contributed by atoms with Gasteiger partial charge in [-0.3, -0.25) is 14.0 Å². The van der Waals surface area contributed by atoms with Crippen LogP contribution in [0.4, 0.5) is 0 Å². The van der Waals surface area contributed by atoms with Crippen molar-refractivity contribution in [3.05, 3.63) is 31.0 Å². The number of carbonyl (C=O) groups excluding carboxylic acids is 1. The smallest absolute Gasteiger partial charge is 0.307 e. The van der Waals surface area contributed by atoms with Crippen molar-refractivity contribution in [2.45, 2.75) is 97.2 Å². The van der Waals surface area contributed by atoms with E-state index in [1.54, 1.807) is 0 Å². The number of hydrogen-bond donors (Lipinski definition) is 0. The number of carbonyl (C=O) groups is 1. The van der Waals surface area contributed by atoms with E-state index in [0.29, 0.717) is 24.7 Å². The van der Waals surface area contributed by atoms with E-state index in [9.17, 15) is 10.1 Å². The van der Waals surface area contributed by atoms with Crippen LogP contribution in [0.5, 0.6) is 0 Å². The molecule has 1 saturated carbocycles. The summed E-state index contributed by atoms with van der Waals surface area (Å²) in [7, 11) is 0. The minimum absolute atomic E-state index is 0.0990. The minimum atomic E-state index is -0.169. The zero-order chi connectivity index (χ0) is 25.3. The van der Waals surface area contributed by atoms with Gasteiger partial charge in [0.05, 0.1) is 30.4 Å². The van der Waals surface area contributed by atoms with E-state index in [0.717, 1.165) is 48.0 Å². The number of rotatable bonds is 13. The molecule has 3 heterocycles. The molecule has 192 valence electrons. The summed E-state index contributed by atoms with van der Waals surface area (Å²) in [6, 6.07) is 4.40. The number of unbranched alkanes of at least 4 members (excludes halogenated alkanes) is 1. The number of ether oxygens (including phenoxy) is 1. The molecule has 1 unspecified atom stereocenters. The summed E-state index contributed by atoms with van der Waals surface area (Å²) in [6.45, 7) is 4.53. The monoisotopic (exact) mass is 490 g/mol. The van der Waals surface area contributed by atoms with Gasteiger partial charge in [0.2, 0.25) is 0 Å². The largest absolute Gasteiger partial charge is 0.444 e. The van der Waals surface area contributed by atoms with Crippen molar-refractivity contribution in [1.29, 1.82) is 5.26 Å². The number of esters is 1. The van der Waals surface area contributed by atoms with Crippen LogP contribution in [0, 0.1) is 23.2 Å². The van der Waals surface area contributed by atoms with Crippen molar-refractivity contribution in [3.8, 4) is 17.3 Å². The number of aromatic nitrogens is 5. The van der Waals surface area contributed by atoms with Crippen LogP contribution in [0.1, 0.15) is 90.5 Å². The van der Waals surface area contributed by atoms with E-state index < -0.39 is 0 Å². The van der Waals surface area contributed by atoms with Gasteiger partial charge in [-0.2, -0.15) is 10.4 Å². The van der Waals surface area contributed by atoms with Crippen molar-refractivity contribution in [2.75, 3.05) is 0 Å². The summed E-state index contributed by atoms with van der Waals surface area (Å²) in [4.78, 5) is 21.4. The van der Waals surface area contributed by atoms with Crippen LogP contribution >= 0.6 is 0 Å². The fourth-order valence-corrected chi connectivity index (χ4v) is 5.47. The first-order valence-electron chi connectivity index (χ1n) is 13.5. The molecule has 2 atom stereocenters. The average Bonchev–Trinajstić information content (AvgIpc) is 3.67. The van der Waals surface area contributed by atoms with Gasteiger partial charge >= 0.3 is 5.97 Å². The molecule has 1 aliphatic carbocycles. The maximum absolute atomic E-state index is 12.4. The molecule has 8 heteroatoms. The Balaban J connectivity index is 1.43. The Morgan fingerprint density at radius 1 is 1.25 bits per heavy atom. The van der Waals surface area contributed by atoms with Crippen LogP contribution < -0.4 is 0 Å². The highest BCUT2D eigenvalue weighted by Gasteiger charge is 2.27. The molecule has 0 saturated heterocycles. The Morgan fingerprint density at radius 3 is 2.83 bits per heavy atom. The number of nitriles is 1. The van der Waals surface area contributed by atoms with Gasteiger partial charge in [0, 0.05) is 29.8 Å². The highest BCUT2D eigenvalue weighted by Crippen LogP contribution is 2.36. The van der Waals surface area contributed by atoms with Crippen LogP contribution in [-0.2, 0) is 16.3 Å². The van der Waals surface area contributed by atoms with E-state index in [-0.39, 0.29) is 18.7 Å². The van der Waals surface area contributed by atoms with Crippen LogP contribution in [0.25, 0.3) is 22.3 Å². The molecule has 36 heavy (non-hydrogen) atoms. The molecule has 0 spiro atoms. The van der Waals surface area contributed by atoms with Gasteiger partial charge in [-0.05, 0) is 37.2 Å². The van der Waals surface area contributed by atoms with E-state index in [4.69, 9.17) is 4.74 Å². The zero-order valence-corrected chi connectivity index (χ0v) is 21.6. The van der Waals surface area contributed by atoms with Crippen LogP contribution in [-0.4, -0.2) is 30.3 Å². The lowest BCUT2D eigenvalue weighted by molar-refractivity contribution is -0.147. The Morgan fingerprint density at radius 2 is 2.08 bits per heavy atom. The summed E-state index contributed by atoms with van der Waals surface area (Å²) >= 11 is 0. The summed E-state index contributed by atoms with van der Waals surface area (Å²) < 4.78 is 9.37. The van der Waals surface area contributed by atoms with E-state index in [2.05, 4.69) is 35.0 Å². The zero-order valence-electron chi connectivity index (χ0n) is 21.6. The van der Waals surface area contributed by atoms with E-state index >= 15 is 0 Å². The molecule has 8 nitrogen and oxygen atoms in total. The normalized spacial score (nSPS) is 15.7. The number of nitrogens with zero attached hydrogens (tertiary/aromatic N) is 6. The van der Waals surface area contributed by atoms with Gasteiger partial charge in [0.15, 0.2) is 6.73 Å². The van der Waals surface area contributed by atoms with Gasteiger partial charge in [-0.15, -0.1) is 0 Å². The van der Waals surface area contributed by atoms with Gasteiger partial charge in [0.1, 0.15) is 12.0 Å². The third-order valence-electron chi connectivity index (χ3n) is 7.68. The summed E-state index contributed by atoms with van der Waals surface area (Å²) in [6.07, 6.45) is 18.5. The average molecular weight is 491 g/mol. The van der Waals surface area contributed by atoms with Crippen LogP contribution in [0.2, 0.25) is 0 Å². The molecule has 0 aromatic carbocycles. The molecule has 3 aromatic heterocycles. The molecule has 1 aliphatic rings. The maximum Gasteiger partial charge on any atom is 0.307 e. The van der Waals surface area contributed by atoms with Gasteiger partial charge in [0.25, 0.3) is 0 Å². The molecule has 0 bridgehead atoms. The van der Waals surface area contributed by atoms with Crippen LogP contribution in [0.15, 0.2) is 31.0 Å². The Labute approximate surface area is 213 Å². The fraction of sp³-hybridized carbons (Fsp3) is 0.607. The van der Waals surface area contributed by atoms with Gasteiger partial charge in [-0.1, -0.05) is 52.4 Å². The summed E-state index contributed by atoms with van der Waals surface area (Å²) in [5.41, 5.74) is 2.41. The first-order chi connectivity index (χ1) is 17.6. The molecular weight excluding hydrogens is 452 g/mol. The highest BCUT2D eigenvalue weighted by molar-refractivity contribution is 5.90. The van der Waals surface area contributed by atoms with Crippen molar-refractivity contribution in [1.82, 2.24) is 24.3 Å². The molecule has 3 aromatic rings. The van der Waals surface area contributed by atoms with Gasteiger partial charge < -0.3 is 4.74 Å². The predicted octanol–water partition coefficient (Wildman–Crippen LogP) is 6.44. The standard InChI is InChI=1S/C28H38N6O2/c1-3-5-8-21(4-2)11-12-26(35)36-20-33-16-14-24-27(30-19-31-28(24)33)23-17-32-34(18-23)25(13-15-29)22-9-6-7-10-22/h14,16-19,21-22,25H,3-13,20H2,1-2H3/t21?,25-/m1/s1. The maximum atomic E-state index is 12.4. The third-order valence-corrected chi connectivity index (χ3v) is 7.68. The van der Waals surface area contributed by atoms with Crippen molar-refractivity contribution in [2.24, 2.45) is 11.8 Å². The first-order valence-corrected chi connectivity index (χ1v) is 13.5. The van der Waals surface area contributed by atoms with Crippen molar-refractivity contribution < 1.29 is 9.53 Å². The lowest BCUT2D eigenvalue weighted by Crippen LogP contribution is -2.17. The lowest BCUT2D eigenvalue weighted by Gasteiger charge is -2.21. The van der Waals surface area contributed by atoms with Gasteiger partial charge in [-0.25, -0.2) is 9.97 Å². The second-order valence-corrected chi connectivity index (χ2v) is 10.0. The summed E-state index contributed by atoms with van der Waals surface area (Å²) in [5, 5.41) is 14.9. The second-order valence-electron chi connectivity index (χ2n) is 10.0. The minimum Gasteiger partial charge on any atom is -0.444 e. The predicted molar refractivity (Wildman–Crippen MR) is 139 cm³/mol. The van der Waals surface area contributed by atoms with Crippen molar-refractivity contribution >= 4 is 17.0 Å². The Bertz CT molecular complexity index is 1170. The quantitative estimate of drug-likeness (QED) is 0.256. The fourth-order valence-electron chi connectivity index (χ4n) is 5.47.